The van der Waals surface area contributed by atoms with Gasteiger partial charge >= 0.3 is 6.18 Å². The molecule has 1 aliphatic rings. The Bertz CT molecular complexity index is 1770. The van der Waals surface area contributed by atoms with E-state index in [-0.39, 0.29) is 12.2 Å². The minimum Gasteiger partial charge on any atom is -0.337 e. The molecule has 1 heterocycles. The molecule has 0 atom stereocenters. The topological polar surface area (TPSA) is 55.8 Å². The van der Waals surface area contributed by atoms with Crippen molar-refractivity contribution in [3.63, 3.8) is 0 Å². The van der Waals surface area contributed by atoms with Crippen molar-refractivity contribution in [2.45, 2.75) is 19.2 Å². The van der Waals surface area contributed by atoms with Crippen LogP contribution in [0.1, 0.15) is 43.0 Å². The number of nitrogens with zero attached hydrogens (tertiary/aromatic N) is 1. The number of hydrogen-bond acceptors (Lipinski definition) is 4. The van der Waals surface area contributed by atoms with Crippen molar-refractivity contribution in [2.75, 3.05) is 4.90 Å². The summed E-state index contributed by atoms with van der Waals surface area (Å²) in [6.07, 6.45) is -3.98. The van der Waals surface area contributed by atoms with E-state index in [2.05, 4.69) is 0 Å². The van der Waals surface area contributed by atoms with Crippen LogP contribution in [0.4, 0.5) is 18.9 Å². The Hall–Kier alpha value is -5.21. The monoisotopic (exact) mass is 579 g/mol. The number of carbonyl (C=O) groups is 2. The van der Waals surface area contributed by atoms with Gasteiger partial charge in [-0.15, -0.1) is 0 Å². The Balaban J connectivity index is 1.07. The summed E-state index contributed by atoms with van der Waals surface area (Å²) in [6.45, 7) is 0.0633. The molecule has 6 rings (SSSR count). The van der Waals surface area contributed by atoms with E-state index in [1.54, 1.807) is 54.6 Å². The van der Waals surface area contributed by atoms with Crippen LogP contribution in [-0.2, 0) is 24.1 Å². The number of halogens is 3. The molecule has 1 aliphatic heterocycles. The van der Waals surface area contributed by atoms with E-state index < -0.39 is 23.6 Å². The highest BCUT2D eigenvalue weighted by molar-refractivity contribution is 6.34. The fourth-order valence-corrected chi connectivity index (χ4v) is 4.92. The van der Waals surface area contributed by atoms with E-state index in [4.69, 9.17) is 9.78 Å². The average molecular weight is 580 g/mol. The molecule has 0 fully saturated rings. The molecule has 5 aromatic carbocycles. The summed E-state index contributed by atoms with van der Waals surface area (Å²) in [5.74, 6) is -0.354. The van der Waals surface area contributed by atoms with Crippen molar-refractivity contribution in [1.82, 2.24) is 0 Å². The molecule has 0 spiro atoms. The number of amides is 2. The van der Waals surface area contributed by atoms with Gasteiger partial charge in [-0.3, -0.25) is 9.59 Å². The second-order valence-corrected chi connectivity index (χ2v) is 10.1. The molecule has 0 unspecified atom stereocenters. The van der Waals surface area contributed by atoms with Crippen LogP contribution in [0.15, 0.2) is 121 Å². The molecular formula is C35H24F3NO4. The van der Waals surface area contributed by atoms with Crippen molar-refractivity contribution in [1.29, 1.82) is 0 Å². The van der Waals surface area contributed by atoms with Crippen LogP contribution in [0.3, 0.4) is 0 Å². The Kier molecular flexibility index (Phi) is 7.52. The van der Waals surface area contributed by atoms with Crippen LogP contribution in [0.5, 0.6) is 5.75 Å². The molecule has 0 saturated carbocycles. The summed E-state index contributed by atoms with van der Waals surface area (Å²) in [6, 6.07) is 34.2. The largest absolute Gasteiger partial charge is 0.416 e. The summed E-state index contributed by atoms with van der Waals surface area (Å²) in [5.41, 5.74) is 4.61. The lowest BCUT2D eigenvalue weighted by atomic mass is 10.0. The number of imide groups is 1. The van der Waals surface area contributed by atoms with E-state index in [0.29, 0.717) is 34.5 Å². The highest BCUT2D eigenvalue weighted by atomic mass is 19.4. The fraction of sp³-hybridized carbons (Fsp3) is 0.0857. The van der Waals surface area contributed by atoms with Crippen LogP contribution in [0.2, 0.25) is 0 Å². The Morgan fingerprint density at radius 1 is 0.605 bits per heavy atom. The Labute approximate surface area is 245 Å². The predicted molar refractivity (Wildman–Crippen MR) is 156 cm³/mol. The lowest BCUT2D eigenvalue weighted by molar-refractivity contribution is -0.217. The zero-order valence-electron chi connectivity index (χ0n) is 22.7. The molecule has 43 heavy (non-hydrogen) atoms. The first kappa shape index (κ1) is 27.9. The lowest BCUT2D eigenvalue weighted by Gasteiger charge is -2.14. The van der Waals surface area contributed by atoms with Gasteiger partial charge in [-0.25, -0.2) is 4.90 Å². The lowest BCUT2D eigenvalue weighted by Crippen LogP contribution is -2.29. The quantitative estimate of drug-likeness (QED) is 0.106. The summed E-state index contributed by atoms with van der Waals surface area (Å²) in [4.78, 5) is 38.3. The molecule has 0 aliphatic carbocycles. The maximum atomic E-state index is 13.2. The number of carbonyl (C=O) groups excluding carboxylic acids is 2. The number of fused-ring (bicyclic) bond motifs is 1. The van der Waals surface area contributed by atoms with E-state index in [1.165, 1.54) is 12.1 Å². The number of anilines is 1. The molecule has 5 aromatic rings. The SMILES string of the molecule is O=C1c2ccc(COOc3ccc(-c4ccccc4)cc3)cc2C(=O)N1c1ccc(Cc2ccc(C(F)(F)F)cc2)cc1. The zero-order valence-corrected chi connectivity index (χ0v) is 22.7. The maximum absolute atomic E-state index is 13.2. The van der Waals surface area contributed by atoms with Crippen molar-refractivity contribution in [3.05, 3.63) is 155 Å². The highest BCUT2D eigenvalue weighted by Gasteiger charge is 2.36. The number of hydrogen-bond donors (Lipinski definition) is 0. The molecule has 2 amide bonds. The van der Waals surface area contributed by atoms with E-state index in [1.807, 2.05) is 42.5 Å². The molecule has 0 radical (unpaired) electrons. The average Bonchev–Trinajstić information content (AvgIpc) is 3.27. The van der Waals surface area contributed by atoms with E-state index >= 15 is 0 Å². The van der Waals surface area contributed by atoms with Gasteiger partial charge in [0.1, 0.15) is 6.61 Å². The third-order valence-corrected chi connectivity index (χ3v) is 7.18. The molecule has 0 N–H and O–H groups in total. The van der Waals surface area contributed by atoms with Gasteiger partial charge in [0.2, 0.25) is 0 Å². The van der Waals surface area contributed by atoms with Crippen molar-refractivity contribution in [2.24, 2.45) is 0 Å². The van der Waals surface area contributed by atoms with Crippen LogP contribution < -0.4 is 9.79 Å². The summed E-state index contributed by atoms with van der Waals surface area (Å²) in [7, 11) is 0. The van der Waals surface area contributed by atoms with Crippen molar-refractivity contribution >= 4 is 17.5 Å². The second kappa shape index (κ2) is 11.6. The number of rotatable bonds is 8. The first-order valence-corrected chi connectivity index (χ1v) is 13.5. The Morgan fingerprint density at radius 2 is 1.19 bits per heavy atom. The normalized spacial score (nSPS) is 12.9. The van der Waals surface area contributed by atoms with Crippen molar-refractivity contribution in [3.8, 4) is 16.9 Å². The minimum atomic E-state index is -4.38. The second-order valence-electron chi connectivity index (χ2n) is 10.1. The van der Waals surface area contributed by atoms with Gasteiger partial charge in [-0.05, 0) is 82.8 Å². The molecular weight excluding hydrogens is 555 g/mol. The molecule has 214 valence electrons. The molecule has 0 saturated heterocycles. The third-order valence-electron chi connectivity index (χ3n) is 7.18. The third kappa shape index (κ3) is 6.05. The zero-order chi connectivity index (χ0) is 30.0. The van der Waals surface area contributed by atoms with Gasteiger partial charge in [-0.1, -0.05) is 72.8 Å². The molecule has 0 bridgehead atoms. The first-order chi connectivity index (χ1) is 20.8. The molecule has 8 heteroatoms. The smallest absolute Gasteiger partial charge is 0.337 e. The summed E-state index contributed by atoms with van der Waals surface area (Å²) >= 11 is 0. The van der Waals surface area contributed by atoms with Crippen LogP contribution in [-0.4, -0.2) is 11.8 Å². The van der Waals surface area contributed by atoms with Crippen LogP contribution >= 0.6 is 0 Å². The highest BCUT2D eigenvalue weighted by Crippen LogP contribution is 2.31. The summed E-state index contributed by atoms with van der Waals surface area (Å²) < 4.78 is 38.5. The van der Waals surface area contributed by atoms with Gasteiger partial charge in [0.05, 0.1) is 22.4 Å². The standard InChI is InChI=1S/C35H24F3NO4/c36-35(37,38)28-13-6-23(7-14-28)20-24-8-15-29(16-9-24)39-33(40)31-19-10-25(21-32(31)34(39)41)22-42-43-30-17-11-27(12-18-30)26-4-2-1-3-5-26/h1-19,21H,20,22H2. The fourth-order valence-electron chi connectivity index (χ4n) is 4.92. The van der Waals surface area contributed by atoms with E-state index in [9.17, 15) is 22.8 Å². The van der Waals surface area contributed by atoms with Gasteiger partial charge in [-0.2, -0.15) is 18.1 Å². The van der Waals surface area contributed by atoms with Gasteiger partial charge in [0.15, 0.2) is 5.75 Å². The predicted octanol–water partition coefficient (Wildman–Crippen LogP) is 8.27. The van der Waals surface area contributed by atoms with Gasteiger partial charge in [0, 0.05) is 0 Å². The van der Waals surface area contributed by atoms with Crippen LogP contribution in [0.25, 0.3) is 11.1 Å². The van der Waals surface area contributed by atoms with E-state index in [0.717, 1.165) is 33.7 Å². The molecule has 0 aromatic heterocycles. The van der Waals surface area contributed by atoms with Crippen molar-refractivity contribution < 1.29 is 32.5 Å². The number of alkyl halides is 3. The molecule has 5 nitrogen and oxygen atoms in total. The van der Waals surface area contributed by atoms with Gasteiger partial charge in [0.25, 0.3) is 11.8 Å². The maximum Gasteiger partial charge on any atom is 0.416 e. The number of benzene rings is 5. The summed E-state index contributed by atoms with van der Waals surface area (Å²) in [5, 5.41) is 0. The minimum absolute atomic E-state index is 0.0633. The van der Waals surface area contributed by atoms with Gasteiger partial charge < -0.3 is 4.89 Å². The van der Waals surface area contributed by atoms with Crippen LogP contribution in [0, 0.1) is 0 Å². The Morgan fingerprint density at radius 3 is 1.84 bits per heavy atom. The first-order valence-electron chi connectivity index (χ1n) is 13.5.